The molecule has 0 spiro atoms. The van der Waals surface area contributed by atoms with Crippen molar-refractivity contribution in [2.75, 3.05) is 40.3 Å². The van der Waals surface area contributed by atoms with Gasteiger partial charge in [0.1, 0.15) is 5.82 Å². The predicted octanol–water partition coefficient (Wildman–Crippen LogP) is 1.14. The van der Waals surface area contributed by atoms with Crippen molar-refractivity contribution in [3.05, 3.63) is 47.5 Å². The molecule has 1 aliphatic rings. The van der Waals surface area contributed by atoms with Crippen LogP contribution >= 0.6 is 0 Å². The van der Waals surface area contributed by atoms with Crippen molar-refractivity contribution < 1.29 is 17.6 Å². The van der Waals surface area contributed by atoms with Gasteiger partial charge in [0.15, 0.2) is 0 Å². The summed E-state index contributed by atoms with van der Waals surface area (Å²) in [5.74, 6) is -0.511. The molecule has 8 nitrogen and oxygen atoms in total. The highest BCUT2D eigenvalue weighted by Gasteiger charge is 2.31. The molecule has 10 heteroatoms. The quantitative estimate of drug-likeness (QED) is 0.742. The summed E-state index contributed by atoms with van der Waals surface area (Å²) in [4.78, 5) is 14.6. The lowest BCUT2D eigenvalue weighted by Crippen LogP contribution is -2.53. The highest BCUT2D eigenvalue weighted by Crippen LogP contribution is 2.19. The van der Waals surface area contributed by atoms with Crippen LogP contribution in [-0.4, -0.2) is 77.9 Å². The summed E-state index contributed by atoms with van der Waals surface area (Å²) in [7, 11) is -0.500. The van der Waals surface area contributed by atoms with Crippen molar-refractivity contribution >= 4 is 16.1 Å². The maximum atomic E-state index is 13.2. The van der Waals surface area contributed by atoms with E-state index in [1.807, 2.05) is 6.92 Å². The first-order valence-electron chi connectivity index (χ1n) is 9.05. The van der Waals surface area contributed by atoms with Crippen LogP contribution in [0.4, 0.5) is 4.39 Å². The summed E-state index contributed by atoms with van der Waals surface area (Å²) in [6, 6.07) is 5.92. The summed E-state index contributed by atoms with van der Waals surface area (Å²) in [5.41, 5.74) is 1.90. The van der Waals surface area contributed by atoms with Crippen molar-refractivity contribution in [2.45, 2.75) is 13.3 Å². The average Bonchev–Trinajstić information content (AvgIpc) is 3.12. The molecule has 1 amide bonds. The van der Waals surface area contributed by atoms with E-state index in [4.69, 9.17) is 0 Å². The Morgan fingerprint density at radius 2 is 1.75 bits per heavy atom. The van der Waals surface area contributed by atoms with Crippen molar-refractivity contribution in [3.63, 3.8) is 0 Å². The zero-order valence-corrected chi connectivity index (χ0v) is 17.0. The maximum Gasteiger partial charge on any atom is 0.281 e. The lowest BCUT2D eigenvalue weighted by Gasteiger charge is -2.35. The summed E-state index contributed by atoms with van der Waals surface area (Å²) < 4.78 is 41.8. The van der Waals surface area contributed by atoms with Gasteiger partial charge in [-0.25, -0.2) is 9.07 Å². The van der Waals surface area contributed by atoms with Crippen LogP contribution in [0.1, 0.15) is 23.0 Å². The fourth-order valence-corrected chi connectivity index (χ4v) is 4.31. The van der Waals surface area contributed by atoms with Crippen LogP contribution in [0, 0.1) is 5.82 Å². The number of hydrogen-bond donors (Lipinski definition) is 0. The Labute approximate surface area is 164 Å². The lowest BCUT2D eigenvalue weighted by molar-refractivity contribution is 0.0694. The SMILES string of the molecule is CCc1c(C(=O)N2CCN(S(=O)(=O)N(C)C)CC2)cnn1-c1ccc(F)cc1. The maximum absolute atomic E-state index is 13.2. The summed E-state index contributed by atoms with van der Waals surface area (Å²) in [5, 5.41) is 4.31. The van der Waals surface area contributed by atoms with E-state index < -0.39 is 10.2 Å². The second-order valence-corrected chi connectivity index (χ2v) is 8.87. The molecule has 1 aromatic carbocycles. The van der Waals surface area contributed by atoms with E-state index in [9.17, 15) is 17.6 Å². The molecular formula is C18H24FN5O3S. The van der Waals surface area contributed by atoms with Gasteiger partial charge in [-0.3, -0.25) is 4.79 Å². The molecule has 1 aromatic heterocycles. The largest absolute Gasteiger partial charge is 0.336 e. The number of piperazine rings is 1. The Balaban J connectivity index is 1.78. The van der Waals surface area contributed by atoms with Gasteiger partial charge in [-0.05, 0) is 30.7 Å². The van der Waals surface area contributed by atoms with Crippen LogP contribution in [-0.2, 0) is 16.6 Å². The fraction of sp³-hybridized carbons (Fsp3) is 0.444. The number of halogens is 1. The molecule has 28 heavy (non-hydrogen) atoms. The Hall–Kier alpha value is -2.30. The number of amides is 1. The molecule has 2 heterocycles. The number of benzene rings is 1. The van der Waals surface area contributed by atoms with Crippen molar-refractivity contribution in [3.8, 4) is 5.69 Å². The number of nitrogens with zero attached hydrogens (tertiary/aromatic N) is 5. The highest BCUT2D eigenvalue weighted by atomic mass is 32.2. The Morgan fingerprint density at radius 3 is 2.29 bits per heavy atom. The number of carbonyl (C=O) groups is 1. The molecule has 1 fully saturated rings. The molecule has 0 N–H and O–H groups in total. The molecule has 152 valence electrons. The van der Waals surface area contributed by atoms with Gasteiger partial charge in [-0.2, -0.15) is 22.1 Å². The van der Waals surface area contributed by atoms with Crippen LogP contribution < -0.4 is 0 Å². The molecule has 3 rings (SSSR count). The van der Waals surface area contributed by atoms with E-state index in [1.54, 1.807) is 21.7 Å². The number of hydrogen-bond acceptors (Lipinski definition) is 4. The van der Waals surface area contributed by atoms with E-state index in [2.05, 4.69) is 5.10 Å². The highest BCUT2D eigenvalue weighted by molar-refractivity contribution is 7.86. The molecule has 1 saturated heterocycles. The third-order valence-corrected chi connectivity index (χ3v) is 6.76. The molecule has 0 unspecified atom stereocenters. The van der Waals surface area contributed by atoms with E-state index >= 15 is 0 Å². The van der Waals surface area contributed by atoms with Gasteiger partial charge in [0, 0.05) is 40.3 Å². The minimum Gasteiger partial charge on any atom is -0.336 e. The van der Waals surface area contributed by atoms with E-state index in [0.717, 1.165) is 5.69 Å². The Morgan fingerprint density at radius 1 is 1.14 bits per heavy atom. The second kappa shape index (κ2) is 7.98. The summed E-state index contributed by atoms with van der Waals surface area (Å²) >= 11 is 0. The predicted molar refractivity (Wildman–Crippen MR) is 103 cm³/mol. The summed E-state index contributed by atoms with van der Waals surface area (Å²) in [6.07, 6.45) is 2.10. The Bertz CT molecular complexity index is 948. The number of aromatic nitrogens is 2. The summed E-state index contributed by atoms with van der Waals surface area (Å²) in [6.45, 7) is 3.06. The van der Waals surface area contributed by atoms with Gasteiger partial charge in [-0.15, -0.1) is 0 Å². The minimum absolute atomic E-state index is 0.174. The minimum atomic E-state index is -3.48. The van der Waals surface area contributed by atoms with Crippen LogP contribution in [0.25, 0.3) is 5.69 Å². The molecule has 2 aromatic rings. The second-order valence-electron chi connectivity index (χ2n) is 6.73. The molecule has 0 saturated carbocycles. The molecule has 0 aliphatic carbocycles. The first-order valence-corrected chi connectivity index (χ1v) is 10.4. The average molecular weight is 409 g/mol. The van der Waals surface area contributed by atoms with Crippen LogP contribution in [0.15, 0.2) is 30.5 Å². The monoisotopic (exact) mass is 409 g/mol. The van der Waals surface area contributed by atoms with Crippen LogP contribution in [0.5, 0.6) is 0 Å². The van der Waals surface area contributed by atoms with Gasteiger partial charge in [0.05, 0.1) is 23.1 Å². The van der Waals surface area contributed by atoms with Gasteiger partial charge in [-0.1, -0.05) is 6.92 Å². The molecular weight excluding hydrogens is 385 g/mol. The number of carbonyl (C=O) groups excluding carboxylic acids is 1. The van der Waals surface area contributed by atoms with Crippen LogP contribution in [0.2, 0.25) is 0 Å². The van der Waals surface area contributed by atoms with Crippen molar-refractivity contribution in [2.24, 2.45) is 0 Å². The van der Waals surface area contributed by atoms with Crippen LogP contribution in [0.3, 0.4) is 0 Å². The van der Waals surface area contributed by atoms with Crippen molar-refractivity contribution in [1.29, 1.82) is 0 Å². The Kier molecular flexibility index (Phi) is 5.82. The zero-order valence-electron chi connectivity index (χ0n) is 16.2. The fourth-order valence-electron chi connectivity index (χ4n) is 3.22. The first-order chi connectivity index (χ1) is 13.3. The third-order valence-electron chi connectivity index (χ3n) is 4.82. The standard InChI is InChI=1S/C18H24FN5O3S/c1-4-17-16(13-20-24(17)15-7-5-14(19)6-8-15)18(25)22-9-11-23(12-10-22)28(26,27)21(2)3/h5-8,13H,4,9-12H2,1-3H3. The normalized spacial score (nSPS) is 16.0. The van der Waals surface area contributed by atoms with Gasteiger partial charge >= 0.3 is 0 Å². The lowest BCUT2D eigenvalue weighted by atomic mass is 10.1. The molecule has 1 aliphatic heterocycles. The van der Waals surface area contributed by atoms with Crippen molar-refractivity contribution in [1.82, 2.24) is 23.3 Å². The topological polar surface area (TPSA) is 78.8 Å². The smallest absolute Gasteiger partial charge is 0.281 e. The van der Waals surface area contributed by atoms with E-state index in [-0.39, 0.29) is 24.8 Å². The van der Waals surface area contributed by atoms with E-state index in [0.29, 0.717) is 30.8 Å². The van der Waals surface area contributed by atoms with Gasteiger partial charge < -0.3 is 4.90 Å². The molecule has 0 bridgehead atoms. The first kappa shape index (κ1) is 20.4. The third kappa shape index (κ3) is 3.80. The number of rotatable bonds is 5. The molecule has 0 radical (unpaired) electrons. The van der Waals surface area contributed by atoms with Gasteiger partial charge in [0.25, 0.3) is 16.1 Å². The van der Waals surface area contributed by atoms with E-state index in [1.165, 1.54) is 41.0 Å². The van der Waals surface area contributed by atoms with Gasteiger partial charge in [0.2, 0.25) is 0 Å². The zero-order chi connectivity index (χ0) is 20.5. The molecule has 0 atom stereocenters.